The smallest absolute Gasteiger partial charge is 0.119 e. The van der Waals surface area contributed by atoms with Gasteiger partial charge in [-0.1, -0.05) is 25.0 Å². The van der Waals surface area contributed by atoms with Gasteiger partial charge in [-0.15, -0.1) is 0 Å². The van der Waals surface area contributed by atoms with Crippen LogP contribution in [-0.4, -0.2) is 38.2 Å². The number of hydrogen-bond acceptors (Lipinski definition) is 3. The highest BCUT2D eigenvalue weighted by molar-refractivity contribution is 5.28. The van der Waals surface area contributed by atoms with Crippen LogP contribution in [0.25, 0.3) is 0 Å². The van der Waals surface area contributed by atoms with Gasteiger partial charge < -0.3 is 15.0 Å². The van der Waals surface area contributed by atoms with Crippen LogP contribution in [0.4, 0.5) is 0 Å². The highest BCUT2D eigenvalue weighted by atomic mass is 16.5. The first-order chi connectivity index (χ1) is 9.78. The molecule has 0 amide bonds. The minimum absolute atomic E-state index is 0.790. The van der Waals surface area contributed by atoms with Crippen LogP contribution in [0.15, 0.2) is 24.3 Å². The Morgan fingerprint density at radius 3 is 2.85 bits per heavy atom. The SMILES string of the molecule is COc1cccc(CN(C)CCCNC2CCCC2)c1. The van der Waals surface area contributed by atoms with Crippen molar-refractivity contribution in [2.75, 3.05) is 27.2 Å². The molecule has 112 valence electrons. The van der Waals surface area contributed by atoms with Gasteiger partial charge in [0.05, 0.1) is 7.11 Å². The van der Waals surface area contributed by atoms with Crippen molar-refractivity contribution in [1.29, 1.82) is 0 Å². The summed E-state index contributed by atoms with van der Waals surface area (Å²) in [6.45, 7) is 3.27. The number of ether oxygens (including phenoxy) is 1. The lowest BCUT2D eigenvalue weighted by atomic mass is 10.2. The lowest BCUT2D eigenvalue weighted by Crippen LogP contribution is -2.29. The number of methoxy groups -OCH3 is 1. The summed E-state index contributed by atoms with van der Waals surface area (Å²) in [5, 5.41) is 3.67. The second kappa shape index (κ2) is 8.28. The molecule has 0 aromatic heterocycles. The predicted octanol–water partition coefficient (Wildman–Crippen LogP) is 3.05. The largest absolute Gasteiger partial charge is 0.497 e. The van der Waals surface area contributed by atoms with E-state index >= 15 is 0 Å². The van der Waals surface area contributed by atoms with Crippen LogP contribution >= 0.6 is 0 Å². The first-order valence-corrected chi connectivity index (χ1v) is 7.83. The van der Waals surface area contributed by atoms with Crippen LogP contribution in [0.2, 0.25) is 0 Å². The topological polar surface area (TPSA) is 24.5 Å². The number of nitrogens with one attached hydrogen (secondary N) is 1. The average Bonchev–Trinajstić information content (AvgIpc) is 2.97. The molecular weight excluding hydrogens is 248 g/mol. The van der Waals surface area contributed by atoms with Crippen molar-refractivity contribution >= 4 is 0 Å². The Balaban J connectivity index is 1.62. The van der Waals surface area contributed by atoms with Gasteiger partial charge in [-0.25, -0.2) is 0 Å². The molecule has 0 bridgehead atoms. The zero-order valence-electron chi connectivity index (χ0n) is 12.9. The Morgan fingerprint density at radius 2 is 2.10 bits per heavy atom. The molecule has 0 spiro atoms. The van der Waals surface area contributed by atoms with Crippen molar-refractivity contribution in [3.63, 3.8) is 0 Å². The molecule has 1 saturated carbocycles. The summed E-state index contributed by atoms with van der Waals surface area (Å²) < 4.78 is 5.26. The molecule has 1 aliphatic carbocycles. The summed E-state index contributed by atoms with van der Waals surface area (Å²) >= 11 is 0. The molecule has 0 saturated heterocycles. The van der Waals surface area contributed by atoms with Crippen molar-refractivity contribution in [1.82, 2.24) is 10.2 Å². The molecule has 3 heteroatoms. The van der Waals surface area contributed by atoms with Crippen molar-refractivity contribution in [2.45, 2.75) is 44.7 Å². The van der Waals surface area contributed by atoms with Crippen molar-refractivity contribution in [3.05, 3.63) is 29.8 Å². The Morgan fingerprint density at radius 1 is 1.30 bits per heavy atom. The summed E-state index contributed by atoms with van der Waals surface area (Å²) in [5.41, 5.74) is 1.32. The minimum Gasteiger partial charge on any atom is -0.497 e. The molecule has 1 aliphatic rings. The Bertz CT molecular complexity index is 388. The maximum Gasteiger partial charge on any atom is 0.119 e. The summed E-state index contributed by atoms with van der Waals surface area (Å²) in [7, 11) is 3.91. The zero-order valence-corrected chi connectivity index (χ0v) is 12.9. The van der Waals surface area contributed by atoms with Crippen LogP contribution in [0.3, 0.4) is 0 Å². The third kappa shape index (κ3) is 5.14. The first-order valence-electron chi connectivity index (χ1n) is 7.83. The third-order valence-electron chi connectivity index (χ3n) is 4.09. The molecule has 0 unspecified atom stereocenters. The van der Waals surface area contributed by atoms with E-state index in [2.05, 4.69) is 35.5 Å². The number of rotatable bonds is 8. The van der Waals surface area contributed by atoms with E-state index in [1.807, 2.05) is 6.07 Å². The lowest BCUT2D eigenvalue weighted by molar-refractivity contribution is 0.315. The van der Waals surface area contributed by atoms with Gasteiger partial charge in [-0.2, -0.15) is 0 Å². The molecule has 0 radical (unpaired) electrons. The van der Waals surface area contributed by atoms with Gasteiger partial charge in [0.25, 0.3) is 0 Å². The monoisotopic (exact) mass is 276 g/mol. The second-order valence-corrected chi connectivity index (χ2v) is 5.88. The lowest BCUT2D eigenvalue weighted by Gasteiger charge is -2.18. The first kappa shape index (κ1) is 15.3. The average molecular weight is 276 g/mol. The van der Waals surface area contributed by atoms with Gasteiger partial charge in [0.2, 0.25) is 0 Å². The molecular formula is C17H28N2O. The minimum atomic E-state index is 0.790. The maximum absolute atomic E-state index is 5.26. The van der Waals surface area contributed by atoms with Crippen LogP contribution in [-0.2, 0) is 6.54 Å². The predicted molar refractivity (Wildman–Crippen MR) is 84.2 cm³/mol. The van der Waals surface area contributed by atoms with Gasteiger partial charge in [-0.05, 0) is 57.1 Å². The molecule has 2 rings (SSSR count). The second-order valence-electron chi connectivity index (χ2n) is 5.88. The van der Waals surface area contributed by atoms with Crippen LogP contribution in [0.1, 0.15) is 37.7 Å². The third-order valence-corrected chi connectivity index (χ3v) is 4.09. The van der Waals surface area contributed by atoms with E-state index < -0.39 is 0 Å². The number of hydrogen-bond donors (Lipinski definition) is 1. The number of benzene rings is 1. The molecule has 0 heterocycles. The molecule has 1 fully saturated rings. The van der Waals surface area contributed by atoms with Gasteiger partial charge in [0, 0.05) is 12.6 Å². The molecule has 1 aromatic rings. The van der Waals surface area contributed by atoms with Gasteiger partial charge >= 0.3 is 0 Å². The van der Waals surface area contributed by atoms with Gasteiger partial charge in [0.1, 0.15) is 5.75 Å². The summed E-state index contributed by atoms with van der Waals surface area (Å²) in [4.78, 5) is 2.38. The Kier molecular flexibility index (Phi) is 6.34. The molecule has 1 aromatic carbocycles. The maximum atomic E-state index is 5.26. The van der Waals surface area contributed by atoms with Crippen LogP contribution in [0.5, 0.6) is 5.75 Å². The molecule has 0 aliphatic heterocycles. The fraction of sp³-hybridized carbons (Fsp3) is 0.647. The van der Waals surface area contributed by atoms with Crippen molar-refractivity contribution in [2.24, 2.45) is 0 Å². The summed E-state index contributed by atoms with van der Waals surface area (Å²) in [6, 6.07) is 9.13. The van der Waals surface area contributed by atoms with Gasteiger partial charge in [-0.3, -0.25) is 0 Å². The highest BCUT2D eigenvalue weighted by Crippen LogP contribution is 2.17. The van der Waals surface area contributed by atoms with E-state index in [0.29, 0.717) is 0 Å². The van der Waals surface area contributed by atoms with Crippen molar-refractivity contribution < 1.29 is 4.74 Å². The fourth-order valence-electron chi connectivity index (χ4n) is 2.95. The van der Waals surface area contributed by atoms with E-state index in [0.717, 1.165) is 31.4 Å². The Labute approximate surface area is 123 Å². The molecule has 1 N–H and O–H groups in total. The van der Waals surface area contributed by atoms with Gasteiger partial charge in [0.15, 0.2) is 0 Å². The highest BCUT2D eigenvalue weighted by Gasteiger charge is 2.13. The summed E-state index contributed by atoms with van der Waals surface area (Å²) in [5.74, 6) is 0.943. The zero-order chi connectivity index (χ0) is 14.2. The standard InChI is InChI=1S/C17H28N2O/c1-19(12-6-11-18-16-8-3-4-9-16)14-15-7-5-10-17(13-15)20-2/h5,7,10,13,16,18H,3-4,6,8-9,11-12,14H2,1-2H3. The normalized spacial score (nSPS) is 15.9. The van der Waals surface area contributed by atoms with E-state index in [-0.39, 0.29) is 0 Å². The van der Waals surface area contributed by atoms with Crippen molar-refractivity contribution in [3.8, 4) is 5.75 Å². The summed E-state index contributed by atoms with van der Waals surface area (Å²) in [6.07, 6.45) is 6.79. The molecule has 20 heavy (non-hydrogen) atoms. The van der Waals surface area contributed by atoms with Crippen LogP contribution in [0, 0.1) is 0 Å². The van der Waals surface area contributed by atoms with E-state index in [1.165, 1.54) is 37.7 Å². The van der Waals surface area contributed by atoms with Crippen LogP contribution < -0.4 is 10.1 Å². The molecule has 0 atom stereocenters. The Hall–Kier alpha value is -1.06. The van der Waals surface area contributed by atoms with E-state index in [1.54, 1.807) is 7.11 Å². The fourth-order valence-corrected chi connectivity index (χ4v) is 2.95. The molecule has 3 nitrogen and oxygen atoms in total. The van der Waals surface area contributed by atoms with E-state index in [4.69, 9.17) is 4.74 Å². The quantitative estimate of drug-likeness (QED) is 0.739. The number of nitrogens with zero attached hydrogens (tertiary/aromatic N) is 1. The van der Waals surface area contributed by atoms with E-state index in [9.17, 15) is 0 Å².